The molecule has 1 amide bonds. The van der Waals surface area contributed by atoms with Crippen LogP contribution in [0.3, 0.4) is 0 Å². The van der Waals surface area contributed by atoms with E-state index in [0.717, 1.165) is 18.7 Å². The van der Waals surface area contributed by atoms with Gasteiger partial charge in [-0.05, 0) is 59.0 Å². The highest BCUT2D eigenvalue weighted by atomic mass is 28.3. The minimum absolute atomic E-state index is 0.406. The molecular formula is C18H32N2O2Si. The van der Waals surface area contributed by atoms with Crippen LogP contribution in [0.1, 0.15) is 26.3 Å². The summed E-state index contributed by atoms with van der Waals surface area (Å²) in [5.41, 5.74) is 1.64. The number of anilines is 1. The fraction of sp³-hybridized carbons (Fsp3) is 0.611. The Kier molecular flexibility index (Phi) is 6.42. The number of rotatable bonds is 5. The molecule has 0 aliphatic heterocycles. The lowest BCUT2D eigenvalue weighted by atomic mass is 10.1. The number of carbonyl (C=O) groups excluding carboxylic acids is 1. The maximum Gasteiger partial charge on any atom is 0.412 e. The van der Waals surface area contributed by atoms with Crippen molar-refractivity contribution in [1.29, 1.82) is 0 Å². The van der Waals surface area contributed by atoms with E-state index in [1.165, 1.54) is 10.8 Å². The van der Waals surface area contributed by atoms with Crippen LogP contribution in [0.15, 0.2) is 18.2 Å². The van der Waals surface area contributed by atoms with E-state index < -0.39 is 19.8 Å². The summed E-state index contributed by atoms with van der Waals surface area (Å²) in [6.45, 7) is 13.6. The first kappa shape index (κ1) is 19.7. The highest BCUT2D eigenvalue weighted by molar-refractivity contribution is 6.89. The van der Waals surface area contributed by atoms with Crippen molar-refractivity contribution in [1.82, 2.24) is 4.90 Å². The van der Waals surface area contributed by atoms with Gasteiger partial charge < -0.3 is 9.64 Å². The van der Waals surface area contributed by atoms with Gasteiger partial charge in [0.05, 0.1) is 8.07 Å². The van der Waals surface area contributed by atoms with E-state index in [2.05, 4.69) is 56.1 Å². The van der Waals surface area contributed by atoms with Gasteiger partial charge in [0.25, 0.3) is 0 Å². The fourth-order valence-corrected chi connectivity index (χ4v) is 4.12. The summed E-state index contributed by atoms with van der Waals surface area (Å²) < 4.78 is 5.33. The molecule has 0 saturated carbocycles. The van der Waals surface area contributed by atoms with Gasteiger partial charge in [-0.15, -0.1) is 0 Å². The van der Waals surface area contributed by atoms with Crippen LogP contribution in [-0.2, 0) is 11.2 Å². The zero-order valence-electron chi connectivity index (χ0n) is 15.9. The van der Waals surface area contributed by atoms with Gasteiger partial charge in [-0.25, -0.2) is 4.79 Å². The number of ether oxygens (including phenoxy) is 1. The third-order valence-corrected chi connectivity index (χ3v) is 5.49. The predicted molar refractivity (Wildman–Crippen MR) is 102 cm³/mol. The first-order chi connectivity index (χ1) is 10.4. The number of amides is 1. The van der Waals surface area contributed by atoms with E-state index in [0.29, 0.717) is 0 Å². The Morgan fingerprint density at radius 2 is 1.83 bits per heavy atom. The van der Waals surface area contributed by atoms with Crippen LogP contribution in [0, 0.1) is 0 Å². The largest absolute Gasteiger partial charge is 0.444 e. The van der Waals surface area contributed by atoms with Crippen LogP contribution in [0.25, 0.3) is 0 Å². The van der Waals surface area contributed by atoms with Crippen LogP contribution in [-0.4, -0.2) is 45.3 Å². The monoisotopic (exact) mass is 336 g/mol. The van der Waals surface area contributed by atoms with Crippen molar-refractivity contribution in [2.45, 2.75) is 52.4 Å². The van der Waals surface area contributed by atoms with Crippen molar-refractivity contribution < 1.29 is 9.53 Å². The maximum absolute atomic E-state index is 12.0. The van der Waals surface area contributed by atoms with Gasteiger partial charge in [-0.3, -0.25) is 5.32 Å². The van der Waals surface area contributed by atoms with Crippen LogP contribution in [0.2, 0.25) is 19.6 Å². The Morgan fingerprint density at radius 3 is 2.30 bits per heavy atom. The molecule has 4 nitrogen and oxygen atoms in total. The Balaban J connectivity index is 2.98. The zero-order valence-corrected chi connectivity index (χ0v) is 16.9. The smallest absolute Gasteiger partial charge is 0.412 e. The number of hydrogen-bond donors (Lipinski definition) is 1. The molecule has 1 aromatic carbocycles. The van der Waals surface area contributed by atoms with E-state index >= 15 is 0 Å². The van der Waals surface area contributed by atoms with Crippen LogP contribution in [0.5, 0.6) is 0 Å². The van der Waals surface area contributed by atoms with Gasteiger partial charge in [0.1, 0.15) is 5.60 Å². The fourth-order valence-electron chi connectivity index (χ4n) is 2.38. The van der Waals surface area contributed by atoms with Crippen molar-refractivity contribution in [3.8, 4) is 0 Å². The molecule has 0 fully saturated rings. The molecule has 1 rings (SSSR count). The van der Waals surface area contributed by atoms with Crippen molar-refractivity contribution in [3.63, 3.8) is 0 Å². The van der Waals surface area contributed by atoms with Gasteiger partial charge in [0, 0.05) is 12.2 Å². The highest BCUT2D eigenvalue weighted by Gasteiger charge is 2.21. The molecule has 0 bridgehead atoms. The maximum atomic E-state index is 12.0. The van der Waals surface area contributed by atoms with Gasteiger partial charge in [-0.1, -0.05) is 30.9 Å². The second kappa shape index (κ2) is 7.49. The average Bonchev–Trinajstić information content (AvgIpc) is 2.32. The number of nitrogens with one attached hydrogen (secondary N) is 1. The van der Waals surface area contributed by atoms with Crippen molar-refractivity contribution in [2.24, 2.45) is 0 Å². The van der Waals surface area contributed by atoms with E-state index in [-0.39, 0.29) is 0 Å². The third kappa shape index (κ3) is 7.18. The number of nitrogens with zero attached hydrogens (tertiary/aromatic N) is 1. The second-order valence-corrected chi connectivity index (χ2v) is 13.3. The first-order valence-electron chi connectivity index (χ1n) is 8.16. The minimum Gasteiger partial charge on any atom is -0.444 e. The van der Waals surface area contributed by atoms with E-state index in [1.54, 1.807) is 0 Å². The molecule has 0 aromatic heterocycles. The summed E-state index contributed by atoms with van der Waals surface area (Å²) in [6.07, 6.45) is 0.577. The summed E-state index contributed by atoms with van der Waals surface area (Å²) in [6, 6.07) is 6.25. The lowest BCUT2D eigenvalue weighted by Gasteiger charge is -2.24. The standard InChI is InChI=1S/C18H32N2O2Si/c1-18(2,3)22-17(21)19-15-9-10-16(23(6,7)8)14(13-15)11-12-20(4)5/h9-10,13H,11-12H2,1-8H3,(H,19,21). The Bertz CT molecular complexity index is 543. The normalized spacial score (nSPS) is 12.4. The van der Waals surface area contributed by atoms with Gasteiger partial charge >= 0.3 is 6.09 Å². The molecule has 0 radical (unpaired) electrons. The van der Waals surface area contributed by atoms with E-state index in [4.69, 9.17) is 4.74 Å². The Hall–Kier alpha value is -1.33. The lowest BCUT2D eigenvalue weighted by Crippen LogP contribution is -2.40. The second-order valence-electron chi connectivity index (χ2n) is 8.30. The number of hydrogen-bond acceptors (Lipinski definition) is 3. The minimum atomic E-state index is -1.41. The summed E-state index contributed by atoms with van der Waals surface area (Å²) in [7, 11) is 2.75. The molecule has 0 unspecified atom stereocenters. The number of likely N-dealkylation sites (N-methyl/N-ethyl adjacent to an activating group) is 1. The Labute approximate surface area is 142 Å². The molecular weight excluding hydrogens is 304 g/mol. The number of carbonyl (C=O) groups is 1. The summed E-state index contributed by atoms with van der Waals surface area (Å²) >= 11 is 0. The van der Waals surface area contributed by atoms with Crippen LogP contribution >= 0.6 is 0 Å². The topological polar surface area (TPSA) is 41.6 Å². The van der Waals surface area contributed by atoms with Crippen molar-refractivity contribution in [3.05, 3.63) is 23.8 Å². The van der Waals surface area contributed by atoms with Crippen molar-refractivity contribution in [2.75, 3.05) is 26.0 Å². The molecule has 1 aromatic rings. The van der Waals surface area contributed by atoms with Gasteiger partial charge in [0.15, 0.2) is 0 Å². The lowest BCUT2D eigenvalue weighted by molar-refractivity contribution is 0.0636. The molecule has 0 spiro atoms. The van der Waals surface area contributed by atoms with Gasteiger partial charge in [0.2, 0.25) is 0 Å². The van der Waals surface area contributed by atoms with E-state index in [1.807, 2.05) is 26.8 Å². The zero-order chi connectivity index (χ0) is 17.8. The molecule has 1 N–H and O–H groups in total. The molecule has 23 heavy (non-hydrogen) atoms. The van der Waals surface area contributed by atoms with Crippen LogP contribution in [0.4, 0.5) is 10.5 Å². The molecule has 0 atom stereocenters. The summed E-state index contributed by atoms with van der Waals surface area (Å²) in [5.74, 6) is 0. The third-order valence-electron chi connectivity index (χ3n) is 3.39. The molecule has 0 aliphatic carbocycles. The summed E-state index contributed by atoms with van der Waals surface area (Å²) in [4.78, 5) is 14.1. The SMILES string of the molecule is CN(C)CCc1cc(NC(=O)OC(C)(C)C)ccc1[Si](C)(C)C. The first-order valence-corrected chi connectivity index (χ1v) is 11.7. The Morgan fingerprint density at radius 1 is 1.22 bits per heavy atom. The van der Waals surface area contributed by atoms with Gasteiger partial charge in [-0.2, -0.15) is 0 Å². The molecule has 5 heteroatoms. The quantitative estimate of drug-likeness (QED) is 0.834. The highest BCUT2D eigenvalue weighted by Crippen LogP contribution is 2.16. The van der Waals surface area contributed by atoms with Crippen LogP contribution < -0.4 is 10.5 Å². The molecule has 0 heterocycles. The number of benzene rings is 1. The van der Waals surface area contributed by atoms with Crippen molar-refractivity contribution >= 4 is 25.0 Å². The van der Waals surface area contributed by atoms with E-state index in [9.17, 15) is 4.79 Å². The predicted octanol–water partition coefficient (Wildman–Crippen LogP) is 3.68. The summed E-state index contributed by atoms with van der Waals surface area (Å²) in [5, 5.41) is 4.30. The molecule has 130 valence electrons. The average molecular weight is 337 g/mol. The molecule has 0 aliphatic rings. The molecule has 0 saturated heterocycles.